The molecule has 1 aliphatic carbocycles. The van der Waals surface area contributed by atoms with E-state index >= 15 is 0 Å². The van der Waals surface area contributed by atoms with Gasteiger partial charge in [0.2, 0.25) is 5.95 Å². The first-order chi connectivity index (χ1) is 12.7. The molecule has 0 unspecified atom stereocenters. The molecule has 4 nitrogen and oxygen atoms in total. The Balaban J connectivity index is 1.84. The van der Waals surface area contributed by atoms with Crippen LogP contribution in [0.15, 0.2) is 47.8 Å². The summed E-state index contributed by atoms with van der Waals surface area (Å²) in [6.07, 6.45) is 6.22. The molecule has 134 valence electrons. The first-order valence-electron chi connectivity index (χ1n) is 9.10. The van der Waals surface area contributed by atoms with Gasteiger partial charge >= 0.3 is 0 Å². The van der Waals surface area contributed by atoms with E-state index < -0.39 is 0 Å². The zero-order valence-corrected chi connectivity index (χ0v) is 15.9. The van der Waals surface area contributed by atoms with Gasteiger partial charge in [-0.15, -0.1) is 17.9 Å². The van der Waals surface area contributed by atoms with Gasteiger partial charge in [-0.3, -0.25) is 9.36 Å². The second-order valence-electron chi connectivity index (χ2n) is 6.85. The van der Waals surface area contributed by atoms with Crippen LogP contribution in [-0.4, -0.2) is 16.6 Å². The van der Waals surface area contributed by atoms with Crippen molar-refractivity contribution in [2.75, 3.05) is 11.9 Å². The third-order valence-electron chi connectivity index (χ3n) is 4.97. The fourth-order valence-electron chi connectivity index (χ4n) is 3.74. The molecule has 0 bridgehead atoms. The SMILES string of the molecule is C=CCn1c(N(C)Cc2ccccc2)nc2sc3c(c2c1=O)CCCC3. The van der Waals surface area contributed by atoms with E-state index in [2.05, 4.69) is 23.6 Å². The molecule has 0 amide bonds. The normalized spacial score (nSPS) is 13.6. The summed E-state index contributed by atoms with van der Waals surface area (Å²) < 4.78 is 1.76. The maximum absolute atomic E-state index is 13.3. The molecule has 3 aromatic rings. The number of nitrogens with zero attached hydrogens (tertiary/aromatic N) is 3. The number of hydrogen-bond acceptors (Lipinski definition) is 4. The van der Waals surface area contributed by atoms with Crippen LogP contribution < -0.4 is 10.5 Å². The third kappa shape index (κ3) is 2.97. The minimum atomic E-state index is 0.0733. The number of rotatable bonds is 5. The van der Waals surface area contributed by atoms with Gasteiger partial charge < -0.3 is 4.90 Å². The van der Waals surface area contributed by atoms with Crippen LogP contribution in [0, 0.1) is 0 Å². The molecule has 1 aliphatic rings. The first kappa shape index (κ1) is 17.0. The summed E-state index contributed by atoms with van der Waals surface area (Å²) in [5.74, 6) is 0.713. The molecular formula is C21H23N3OS. The Labute approximate surface area is 157 Å². The number of benzene rings is 1. The summed E-state index contributed by atoms with van der Waals surface area (Å²) in [5, 5.41) is 0.836. The maximum Gasteiger partial charge on any atom is 0.264 e. The largest absolute Gasteiger partial charge is 0.341 e. The second-order valence-corrected chi connectivity index (χ2v) is 7.93. The molecule has 26 heavy (non-hydrogen) atoms. The van der Waals surface area contributed by atoms with Crippen LogP contribution in [0.2, 0.25) is 0 Å². The van der Waals surface area contributed by atoms with E-state index in [0.29, 0.717) is 19.0 Å². The van der Waals surface area contributed by atoms with Crippen molar-refractivity contribution in [1.82, 2.24) is 9.55 Å². The molecule has 0 radical (unpaired) electrons. The molecule has 0 saturated carbocycles. The van der Waals surface area contributed by atoms with E-state index in [1.54, 1.807) is 22.0 Å². The monoisotopic (exact) mass is 365 g/mol. The van der Waals surface area contributed by atoms with Crippen LogP contribution in [-0.2, 0) is 25.9 Å². The Hall–Kier alpha value is -2.40. The summed E-state index contributed by atoms with van der Waals surface area (Å²) in [6.45, 7) is 5.02. The van der Waals surface area contributed by atoms with Crippen LogP contribution >= 0.6 is 11.3 Å². The molecule has 1 aromatic carbocycles. The Morgan fingerprint density at radius 2 is 2.04 bits per heavy atom. The topological polar surface area (TPSA) is 38.1 Å². The highest BCUT2D eigenvalue weighted by Crippen LogP contribution is 2.34. The van der Waals surface area contributed by atoms with Gasteiger partial charge in [-0.05, 0) is 36.8 Å². The minimum Gasteiger partial charge on any atom is -0.341 e. The average Bonchev–Trinajstić information content (AvgIpc) is 3.03. The van der Waals surface area contributed by atoms with Crippen molar-refractivity contribution < 1.29 is 0 Å². The summed E-state index contributed by atoms with van der Waals surface area (Å²) >= 11 is 1.70. The fraction of sp³-hybridized carbons (Fsp3) is 0.333. The van der Waals surface area contributed by atoms with Crippen LogP contribution in [0.3, 0.4) is 0 Å². The zero-order valence-electron chi connectivity index (χ0n) is 15.1. The van der Waals surface area contributed by atoms with Gasteiger partial charge in [-0.2, -0.15) is 0 Å². The molecule has 2 heterocycles. The average molecular weight is 366 g/mol. The first-order valence-corrected chi connectivity index (χ1v) is 9.91. The standard InChI is InChI=1S/C21H23N3OS/c1-3-13-24-20(25)18-16-11-7-8-12-17(16)26-19(18)22-21(24)23(2)14-15-9-5-4-6-10-15/h3-6,9-10H,1,7-8,11-14H2,2H3. The van der Waals surface area contributed by atoms with Gasteiger partial charge in [-0.25, -0.2) is 4.98 Å². The number of aryl methyl sites for hydroxylation is 2. The Bertz CT molecular complexity index is 1000. The molecule has 4 rings (SSSR count). The van der Waals surface area contributed by atoms with Crippen molar-refractivity contribution in [3.63, 3.8) is 0 Å². The fourth-order valence-corrected chi connectivity index (χ4v) is 4.99. The predicted octanol–water partition coefficient (Wildman–Crippen LogP) is 4.16. The summed E-state index contributed by atoms with van der Waals surface area (Å²) in [7, 11) is 1.99. The Kier molecular flexibility index (Phi) is 4.64. The van der Waals surface area contributed by atoms with Crippen molar-refractivity contribution >= 4 is 27.5 Å². The second kappa shape index (κ2) is 7.08. The number of aromatic nitrogens is 2. The quantitative estimate of drug-likeness (QED) is 0.637. The van der Waals surface area contributed by atoms with Gasteiger partial charge in [0.25, 0.3) is 5.56 Å². The van der Waals surface area contributed by atoms with Crippen LogP contribution in [0.25, 0.3) is 10.2 Å². The number of fused-ring (bicyclic) bond motifs is 3. The molecule has 0 saturated heterocycles. The van der Waals surface area contributed by atoms with Crippen molar-refractivity contribution in [3.8, 4) is 0 Å². The molecule has 0 atom stereocenters. The van der Waals surface area contributed by atoms with Gasteiger partial charge in [0.05, 0.1) is 5.39 Å². The van der Waals surface area contributed by atoms with Crippen molar-refractivity contribution in [2.45, 2.75) is 38.8 Å². The lowest BCUT2D eigenvalue weighted by molar-refractivity contribution is 0.696. The Morgan fingerprint density at radius 1 is 1.27 bits per heavy atom. The number of allylic oxidation sites excluding steroid dienone is 1. The highest BCUT2D eigenvalue weighted by atomic mass is 32.1. The van der Waals surface area contributed by atoms with E-state index in [4.69, 9.17) is 4.98 Å². The molecule has 2 aromatic heterocycles. The molecule has 0 spiro atoms. The van der Waals surface area contributed by atoms with E-state index in [0.717, 1.165) is 29.5 Å². The van der Waals surface area contributed by atoms with E-state index in [1.165, 1.54) is 22.4 Å². The number of anilines is 1. The zero-order chi connectivity index (χ0) is 18.1. The van der Waals surface area contributed by atoms with Crippen LogP contribution in [0.5, 0.6) is 0 Å². The lowest BCUT2D eigenvalue weighted by Gasteiger charge is -2.22. The highest BCUT2D eigenvalue weighted by molar-refractivity contribution is 7.18. The van der Waals surface area contributed by atoms with E-state index in [9.17, 15) is 4.79 Å². The minimum absolute atomic E-state index is 0.0733. The third-order valence-corrected chi connectivity index (χ3v) is 6.16. The van der Waals surface area contributed by atoms with Crippen molar-refractivity contribution in [2.24, 2.45) is 0 Å². The molecule has 0 fully saturated rings. The molecule has 0 aliphatic heterocycles. The van der Waals surface area contributed by atoms with Gasteiger partial charge in [-0.1, -0.05) is 36.4 Å². The van der Waals surface area contributed by atoms with E-state index in [1.807, 2.05) is 25.2 Å². The lowest BCUT2D eigenvalue weighted by atomic mass is 9.97. The lowest BCUT2D eigenvalue weighted by Crippen LogP contribution is -2.30. The summed E-state index contributed by atoms with van der Waals surface area (Å²) in [5.41, 5.74) is 2.51. The van der Waals surface area contributed by atoms with Crippen molar-refractivity contribution in [1.29, 1.82) is 0 Å². The summed E-state index contributed by atoms with van der Waals surface area (Å²) in [4.78, 5) is 22.5. The van der Waals surface area contributed by atoms with Gasteiger partial charge in [0, 0.05) is 25.0 Å². The smallest absolute Gasteiger partial charge is 0.264 e. The number of hydrogen-bond donors (Lipinski definition) is 0. The summed E-state index contributed by atoms with van der Waals surface area (Å²) in [6, 6.07) is 10.3. The van der Waals surface area contributed by atoms with E-state index in [-0.39, 0.29) is 5.56 Å². The van der Waals surface area contributed by atoms with Crippen molar-refractivity contribution in [3.05, 3.63) is 69.3 Å². The number of thiophene rings is 1. The maximum atomic E-state index is 13.3. The van der Waals surface area contributed by atoms with Crippen LogP contribution in [0.1, 0.15) is 28.8 Å². The highest BCUT2D eigenvalue weighted by Gasteiger charge is 2.22. The predicted molar refractivity (Wildman–Crippen MR) is 109 cm³/mol. The molecular weight excluding hydrogens is 342 g/mol. The van der Waals surface area contributed by atoms with Crippen LogP contribution in [0.4, 0.5) is 5.95 Å². The Morgan fingerprint density at radius 3 is 2.81 bits per heavy atom. The van der Waals surface area contributed by atoms with Gasteiger partial charge in [0.1, 0.15) is 4.83 Å². The molecule has 5 heteroatoms. The molecule has 0 N–H and O–H groups in total. The van der Waals surface area contributed by atoms with Gasteiger partial charge in [0.15, 0.2) is 0 Å².